The van der Waals surface area contributed by atoms with E-state index < -0.39 is 0 Å². The maximum atomic E-state index is 12.2. The Balaban J connectivity index is 1.93. The number of nitrogens with zero attached hydrogens (tertiary/aromatic N) is 1. The molecule has 1 aromatic heterocycles. The first kappa shape index (κ1) is 13.7. The first-order valence-corrected chi connectivity index (χ1v) is 7.35. The number of allylic oxidation sites excluding steroid dienone is 1. The summed E-state index contributed by atoms with van der Waals surface area (Å²) in [6.45, 7) is 0. The van der Waals surface area contributed by atoms with Crippen molar-refractivity contribution in [2.45, 2.75) is 0 Å². The van der Waals surface area contributed by atoms with E-state index in [2.05, 4.69) is 20.9 Å². The summed E-state index contributed by atoms with van der Waals surface area (Å²) in [5, 5.41) is 1.04. The zero-order valence-corrected chi connectivity index (χ0v) is 12.7. The molecule has 1 heterocycles. The van der Waals surface area contributed by atoms with E-state index in [4.69, 9.17) is 0 Å². The predicted molar refractivity (Wildman–Crippen MR) is 89.2 cm³/mol. The Labute approximate surface area is 131 Å². The molecule has 0 aliphatic rings. The Morgan fingerprint density at radius 1 is 1.05 bits per heavy atom. The van der Waals surface area contributed by atoms with Gasteiger partial charge in [-0.15, -0.1) is 0 Å². The second-order valence-corrected chi connectivity index (χ2v) is 5.54. The Hall–Kier alpha value is -2.26. The number of ketones is 1. The van der Waals surface area contributed by atoms with Crippen LogP contribution in [-0.2, 0) is 0 Å². The summed E-state index contributed by atoms with van der Waals surface area (Å²) in [6.07, 6.45) is 5.20. The average molecular weight is 338 g/mol. The molecule has 0 aliphatic carbocycles. The number of fused-ring (bicyclic) bond motifs is 1. The lowest BCUT2D eigenvalue weighted by molar-refractivity contribution is 0.104. The van der Waals surface area contributed by atoms with E-state index in [-0.39, 0.29) is 5.78 Å². The molecular formula is C18H12BrNO. The summed E-state index contributed by atoms with van der Waals surface area (Å²) in [7, 11) is 0. The molecule has 0 N–H and O–H groups in total. The van der Waals surface area contributed by atoms with Crippen molar-refractivity contribution in [1.82, 2.24) is 4.98 Å². The van der Waals surface area contributed by atoms with E-state index in [1.807, 2.05) is 60.7 Å². The molecule has 0 spiro atoms. The van der Waals surface area contributed by atoms with Crippen LogP contribution in [0.5, 0.6) is 0 Å². The van der Waals surface area contributed by atoms with Crippen LogP contribution in [0, 0.1) is 0 Å². The molecule has 0 bridgehead atoms. The number of hydrogen-bond donors (Lipinski definition) is 0. The van der Waals surface area contributed by atoms with Gasteiger partial charge in [-0.3, -0.25) is 9.78 Å². The molecular weight excluding hydrogens is 326 g/mol. The van der Waals surface area contributed by atoms with Crippen molar-refractivity contribution in [2.24, 2.45) is 0 Å². The number of halogens is 1. The van der Waals surface area contributed by atoms with E-state index in [0.29, 0.717) is 5.56 Å². The standard InChI is InChI=1S/C18H12BrNO/c19-15-5-3-4-14(12-15)18(21)9-8-13-10-11-20-17-7-2-1-6-16(13)17/h1-12H/b9-8+. The van der Waals surface area contributed by atoms with Crippen molar-refractivity contribution in [1.29, 1.82) is 0 Å². The molecule has 0 amide bonds. The molecule has 0 saturated heterocycles. The van der Waals surface area contributed by atoms with E-state index in [9.17, 15) is 4.79 Å². The van der Waals surface area contributed by atoms with Crippen molar-refractivity contribution in [3.8, 4) is 0 Å². The lowest BCUT2D eigenvalue weighted by Crippen LogP contribution is -1.93. The highest BCUT2D eigenvalue weighted by molar-refractivity contribution is 9.10. The fourth-order valence-electron chi connectivity index (χ4n) is 2.17. The van der Waals surface area contributed by atoms with Crippen LogP contribution in [-0.4, -0.2) is 10.8 Å². The van der Waals surface area contributed by atoms with Gasteiger partial charge in [0.25, 0.3) is 0 Å². The van der Waals surface area contributed by atoms with Crippen molar-refractivity contribution in [2.75, 3.05) is 0 Å². The van der Waals surface area contributed by atoms with Gasteiger partial charge in [0.15, 0.2) is 5.78 Å². The molecule has 3 heteroatoms. The molecule has 21 heavy (non-hydrogen) atoms. The normalized spacial score (nSPS) is 11.1. The van der Waals surface area contributed by atoms with Gasteiger partial charge in [0, 0.05) is 21.6 Å². The molecule has 0 aliphatic heterocycles. The predicted octanol–water partition coefficient (Wildman–Crippen LogP) is 4.89. The minimum Gasteiger partial charge on any atom is -0.289 e. The van der Waals surface area contributed by atoms with Gasteiger partial charge in [0.05, 0.1) is 5.52 Å². The Morgan fingerprint density at radius 2 is 1.90 bits per heavy atom. The summed E-state index contributed by atoms with van der Waals surface area (Å²) in [5.41, 5.74) is 2.58. The number of carbonyl (C=O) groups is 1. The van der Waals surface area contributed by atoms with Gasteiger partial charge in [-0.05, 0) is 35.9 Å². The van der Waals surface area contributed by atoms with Gasteiger partial charge >= 0.3 is 0 Å². The second-order valence-electron chi connectivity index (χ2n) is 4.63. The smallest absolute Gasteiger partial charge is 0.185 e. The van der Waals surface area contributed by atoms with Crippen LogP contribution in [0.3, 0.4) is 0 Å². The van der Waals surface area contributed by atoms with Gasteiger partial charge < -0.3 is 0 Å². The van der Waals surface area contributed by atoms with Crippen molar-refractivity contribution in [3.05, 3.63) is 82.5 Å². The van der Waals surface area contributed by atoms with Crippen LogP contribution >= 0.6 is 15.9 Å². The molecule has 0 atom stereocenters. The second kappa shape index (κ2) is 6.02. The monoisotopic (exact) mass is 337 g/mol. The lowest BCUT2D eigenvalue weighted by Gasteiger charge is -2.01. The lowest BCUT2D eigenvalue weighted by atomic mass is 10.1. The summed E-state index contributed by atoms with van der Waals surface area (Å²) < 4.78 is 0.899. The first-order valence-electron chi connectivity index (χ1n) is 6.56. The highest BCUT2D eigenvalue weighted by atomic mass is 79.9. The molecule has 2 nitrogen and oxygen atoms in total. The Bertz CT molecular complexity index is 834. The average Bonchev–Trinajstić information content (AvgIpc) is 2.52. The highest BCUT2D eigenvalue weighted by Crippen LogP contribution is 2.18. The van der Waals surface area contributed by atoms with E-state index >= 15 is 0 Å². The summed E-state index contributed by atoms with van der Waals surface area (Å²) in [6, 6.07) is 17.2. The fourth-order valence-corrected chi connectivity index (χ4v) is 2.57. The molecule has 0 radical (unpaired) electrons. The van der Waals surface area contributed by atoms with Gasteiger partial charge in [-0.2, -0.15) is 0 Å². The highest BCUT2D eigenvalue weighted by Gasteiger charge is 2.03. The third-order valence-corrected chi connectivity index (χ3v) is 3.70. The fraction of sp³-hybridized carbons (Fsp3) is 0. The van der Waals surface area contributed by atoms with Crippen molar-refractivity contribution in [3.63, 3.8) is 0 Å². The summed E-state index contributed by atoms with van der Waals surface area (Å²) in [4.78, 5) is 16.5. The van der Waals surface area contributed by atoms with Gasteiger partial charge in [-0.1, -0.05) is 52.3 Å². The van der Waals surface area contributed by atoms with E-state index in [1.54, 1.807) is 12.3 Å². The SMILES string of the molecule is O=C(/C=C/c1ccnc2ccccc12)c1cccc(Br)c1. The van der Waals surface area contributed by atoms with Crippen LogP contribution in [0.4, 0.5) is 0 Å². The number of carbonyl (C=O) groups excluding carboxylic acids is 1. The molecule has 0 fully saturated rings. The summed E-state index contributed by atoms with van der Waals surface area (Å²) >= 11 is 3.37. The summed E-state index contributed by atoms with van der Waals surface area (Å²) in [5.74, 6) is -0.0165. The van der Waals surface area contributed by atoms with E-state index in [1.165, 1.54) is 0 Å². The first-order chi connectivity index (χ1) is 10.2. The maximum absolute atomic E-state index is 12.2. The molecule has 0 unspecified atom stereocenters. The third kappa shape index (κ3) is 3.09. The van der Waals surface area contributed by atoms with Crippen LogP contribution in [0.15, 0.2) is 71.3 Å². The zero-order valence-electron chi connectivity index (χ0n) is 11.2. The van der Waals surface area contributed by atoms with Gasteiger partial charge in [0.1, 0.15) is 0 Å². The van der Waals surface area contributed by atoms with Crippen molar-refractivity contribution < 1.29 is 4.79 Å². The molecule has 2 aromatic carbocycles. The topological polar surface area (TPSA) is 30.0 Å². The van der Waals surface area contributed by atoms with Gasteiger partial charge in [-0.25, -0.2) is 0 Å². The zero-order chi connectivity index (χ0) is 14.7. The third-order valence-electron chi connectivity index (χ3n) is 3.21. The number of rotatable bonds is 3. The van der Waals surface area contributed by atoms with Crippen LogP contribution < -0.4 is 0 Å². The van der Waals surface area contributed by atoms with E-state index in [0.717, 1.165) is 20.9 Å². The minimum atomic E-state index is -0.0165. The largest absolute Gasteiger partial charge is 0.289 e. The van der Waals surface area contributed by atoms with Crippen LogP contribution in [0.2, 0.25) is 0 Å². The number of para-hydroxylation sites is 1. The number of aromatic nitrogens is 1. The Kier molecular flexibility index (Phi) is 3.93. The van der Waals surface area contributed by atoms with Crippen LogP contribution in [0.25, 0.3) is 17.0 Å². The molecule has 0 saturated carbocycles. The molecule has 3 aromatic rings. The minimum absolute atomic E-state index is 0.0165. The Morgan fingerprint density at radius 3 is 2.76 bits per heavy atom. The maximum Gasteiger partial charge on any atom is 0.185 e. The number of pyridine rings is 1. The van der Waals surface area contributed by atoms with Crippen molar-refractivity contribution >= 4 is 38.7 Å². The number of benzene rings is 2. The van der Waals surface area contributed by atoms with Gasteiger partial charge in [0.2, 0.25) is 0 Å². The molecule has 3 rings (SSSR count). The molecule has 102 valence electrons. The number of hydrogen-bond acceptors (Lipinski definition) is 2. The quantitative estimate of drug-likeness (QED) is 0.503. The van der Waals surface area contributed by atoms with Crippen LogP contribution in [0.1, 0.15) is 15.9 Å².